The molecule has 0 aliphatic carbocycles. The predicted octanol–water partition coefficient (Wildman–Crippen LogP) is 1.51. The van der Waals surface area contributed by atoms with Crippen molar-refractivity contribution >= 4 is 91.7 Å². The van der Waals surface area contributed by atoms with Crippen LogP contribution in [0.2, 0.25) is 0 Å². The van der Waals surface area contributed by atoms with E-state index in [2.05, 4.69) is 22.6 Å². The fourth-order valence-corrected chi connectivity index (χ4v) is 2.23. The molecule has 0 amide bonds. The predicted molar refractivity (Wildman–Crippen MR) is 67.8 cm³/mol. The summed E-state index contributed by atoms with van der Waals surface area (Å²) >= 11 is 5.51. The van der Waals surface area contributed by atoms with Crippen LogP contribution in [0.25, 0.3) is 10.3 Å². The molecule has 0 bridgehead atoms. The molecule has 0 spiro atoms. The minimum absolute atomic E-state index is 0. The Kier molecular flexibility index (Phi) is 5.85. The number of thiazole rings is 1. The second kappa shape index (κ2) is 6.43. The number of hydrogen-bond donors (Lipinski definition) is 1. The van der Waals surface area contributed by atoms with Crippen molar-refractivity contribution < 1.29 is 9.53 Å². The third-order valence-corrected chi connectivity index (χ3v) is 2.91. The maximum atomic E-state index is 11.4. The Morgan fingerprint density at radius 3 is 3.06 bits per heavy atom. The summed E-state index contributed by atoms with van der Waals surface area (Å²) in [6, 6.07) is 1.72. The molecule has 0 fully saturated rings. The van der Waals surface area contributed by atoms with Crippen molar-refractivity contribution in [2.24, 2.45) is 0 Å². The van der Waals surface area contributed by atoms with Crippen LogP contribution in [0.5, 0.6) is 0 Å². The van der Waals surface area contributed by atoms with E-state index in [-0.39, 0.29) is 57.4 Å². The minimum atomic E-state index is -0.360. The molecule has 0 radical (unpaired) electrons. The van der Waals surface area contributed by atoms with Crippen LogP contribution in [0.4, 0.5) is 0 Å². The van der Waals surface area contributed by atoms with Crippen molar-refractivity contribution in [1.82, 2.24) is 9.97 Å². The van der Waals surface area contributed by atoms with Crippen molar-refractivity contribution in [1.29, 1.82) is 0 Å². The van der Waals surface area contributed by atoms with E-state index in [4.69, 9.17) is 4.74 Å². The molecule has 0 aliphatic rings. The zero-order valence-corrected chi connectivity index (χ0v) is 9.64. The first-order valence-corrected chi connectivity index (χ1v) is 5.59. The Morgan fingerprint density at radius 1 is 1.62 bits per heavy atom. The third kappa shape index (κ3) is 3.25. The van der Waals surface area contributed by atoms with Crippen molar-refractivity contribution in [2.75, 3.05) is 6.61 Å². The van der Waals surface area contributed by atoms with Crippen molar-refractivity contribution in [2.45, 2.75) is 11.3 Å². The van der Waals surface area contributed by atoms with Gasteiger partial charge in [0.05, 0.1) is 16.9 Å². The Hall–Kier alpha value is 0.496. The van der Waals surface area contributed by atoms with E-state index in [0.29, 0.717) is 22.2 Å². The number of carbonyl (C=O) groups is 1. The fourth-order valence-electron chi connectivity index (χ4n) is 1.13. The molecule has 16 heavy (non-hydrogen) atoms. The number of nitrogens with zero attached hydrogens (tertiary/aromatic N) is 2. The Morgan fingerprint density at radius 2 is 2.38 bits per heavy atom. The summed E-state index contributed by atoms with van der Waals surface area (Å²) in [6.07, 6.45) is 1.47. The van der Waals surface area contributed by atoms with Gasteiger partial charge in [-0.1, -0.05) is 0 Å². The molecule has 0 saturated heterocycles. The van der Waals surface area contributed by atoms with E-state index in [1.54, 1.807) is 13.0 Å². The summed E-state index contributed by atoms with van der Waals surface area (Å²) in [5, 5.41) is 0. The van der Waals surface area contributed by atoms with Gasteiger partial charge in [0.15, 0.2) is 5.65 Å². The van der Waals surface area contributed by atoms with Gasteiger partial charge in [-0.2, -0.15) is 0 Å². The van der Waals surface area contributed by atoms with E-state index >= 15 is 0 Å². The third-order valence-electron chi connectivity index (χ3n) is 1.75. The average Bonchev–Trinajstić information content (AvgIpc) is 2.57. The molecular weight excluding hydrogens is 271 g/mol. The van der Waals surface area contributed by atoms with Gasteiger partial charge in [-0.15, -0.1) is 24.0 Å². The van der Waals surface area contributed by atoms with Crippen molar-refractivity contribution in [3.05, 3.63) is 17.8 Å². The molecule has 2 aromatic rings. The topological polar surface area (TPSA) is 52.1 Å². The second-order valence-corrected chi connectivity index (χ2v) is 4.52. The van der Waals surface area contributed by atoms with Crippen molar-refractivity contribution in [3.63, 3.8) is 0 Å². The molecule has 0 saturated carbocycles. The Labute approximate surface area is 145 Å². The van der Waals surface area contributed by atoms with E-state index in [0.717, 1.165) is 4.70 Å². The van der Waals surface area contributed by atoms with Gasteiger partial charge in [-0.25, -0.2) is 14.8 Å². The molecule has 0 unspecified atom stereocenters. The van der Waals surface area contributed by atoms with Gasteiger partial charge < -0.3 is 4.74 Å². The molecular formula is C9H9KN2O2S2. The van der Waals surface area contributed by atoms with E-state index in [9.17, 15) is 4.79 Å². The normalized spacial score (nSPS) is 9.88. The van der Waals surface area contributed by atoms with E-state index < -0.39 is 0 Å². The van der Waals surface area contributed by atoms with Gasteiger partial charge in [-0.05, 0) is 13.0 Å². The molecule has 0 atom stereocenters. The van der Waals surface area contributed by atoms with Crippen LogP contribution in [0, 0.1) is 0 Å². The summed E-state index contributed by atoms with van der Waals surface area (Å²) in [5.74, 6) is -0.360. The van der Waals surface area contributed by atoms with E-state index in [1.807, 2.05) is 0 Å². The van der Waals surface area contributed by atoms with Crippen LogP contribution in [-0.2, 0) is 4.74 Å². The van der Waals surface area contributed by atoms with Crippen LogP contribution < -0.4 is 0 Å². The van der Waals surface area contributed by atoms with Crippen LogP contribution in [0.3, 0.4) is 0 Å². The Bertz CT molecular complexity index is 515. The number of esters is 1. The standard InChI is InChI=1S/C9H8N2O2S2.K.H/c1-2-13-8(12)5-3-6-7(10-4-5)11-9(14)15-6;;/h3-4H,2H2,1H3,(H,10,11,14);;. The summed E-state index contributed by atoms with van der Waals surface area (Å²) < 4.78 is 6.35. The Balaban J connectivity index is 0.00000128. The zero-order chi connectivity index (χ0) is 10.8. The number of aromatic nitrogens is 2. The van der Waals surface area contributed by atoms with Gasteiger partial charge in [-0.3, -0.25) is 0 Å². The summed E-state index contributed by atoms with van der Waals surface area (Å²) in [4.78, 5) is 19.5. The molecule has 0 N–H and O–H groups in total. The maximum absolute atomic E-state index is 11.4. The van der Waals surface area contributed by atoms with Crippen molar-refractivity contribution in [3.8, 4) is 0 Å². The molecule has 80 valence electrons. The van der Waals surface area contributed by atoms with Gasteiger partial charge in [0.25, 0.3) is 0 Å². The van der Waals surface area contributed by atoms with E-state index in [1.165, 1.54) is 17.5 Å². The first kappa shape index (κ1) is 14.6. The summed E-state index contributed by atoms with van der Waals surface area (Å²) in [5.41, 5.74) is 1.05. The molecule has 2 rings (SSSR count). The first-order chi connectivity index (χ1) is 7.20. The van der Waals surface area contributed by atoms with Gasteiger partial charge in [0.1, 0.15) is 4.34 Å². The molecule has 2 heterocycles. The van der Waals surface area contributed by atoms with Crippen LogP contribution in [0.1, 0.15) is 17.3 Å². The fraction of sp³-hybridized carbons (Fsp3) is 0.222. The number of hydrogen-bond acceptors (Lipinski definition) is 6. The second-order valence-electron chi connectivity index (χ2n) is 2.76. The average molecular weight is 280 g/mol. The molecule has 4 nitrogen and oxygen atoms in total. The number of fused-ring (bicyclic) bond motifs is 1. The number of pyridine rings is 1. The monoisotopic (exact) mass is 280 g/mol. The van der Waals surface area contributed by atoms with Gasteiger partial charge in [0, 0.05) is 6.20 Å². The first-order valence-electron chi connectivity index (χ1n) is 4.33. The molecule has 7 heteroatoms. The molecule has 2 aromatic heterocycles. The van der Waals surface area contributed by atoms with Crippen LogP contribution in [-0.4, -0.2) is 73.9 Å². The van der Waals surface area contributed by atoms with Gasteiger partial charge >= 0.3 is 57.4 Å². The number of carbonyl (C=O) groups excluding carboxylic acids is 1. The van der Waals surface area contributed by atoms with Crippen LogP contribution in [0.15, 0.2) is 16.6 Å². The van der Waals surface area contributed by atoms with Gasteiger partial charge in [0.2, 0.25) is 0 Å². The SMILES string of the molecule is CCOC(=O)c1cnc2nc(S)sc2c1.[KH]. The summed E-state index contributed by atoms with van der Waals surface area (Å²) in [7, 11) is 0. The number of ether oxygens (including phenoxy) is 1. The molecule has 0 aromatic carbocycles. The quantitative estimate of drug-likeness (QED) is 0.515. The summed E-state index contributed by atoms with van der Waals surface area (Å²) in [6.45, 7) is 2.12. The van der Waals surface area contributed by atoms with Crippen LogP contribution >= 0.6 is 24.0 Å². The number of thiol groups is 1. The number of rotatable bonds is 2. The molecule has 0 aliphatic heterocycles. The zero-order valence-electron chi connectivity index (χ0n) is 7.93.